The van der Waals surface area contributed by atoms with Crippen LogP contribution in [0.3, 0.4) is 0 Å². The summed E-state index contributed by atoms with van der Waals surface area (Å²) in [5.41, 5.74) is 0.520. The molecule has 0 aromatic heterocycles. The maximum absolute atomic E-state index is 13.0. The quantitative estimate of drug-likeness (QED) is 0.180. The van der Waals surface area contributed by atoms with Crippen LogP contribution in [0.4, 0.5) is 18.9 Å². The van der Waals surface area contributed by atoms with Gasteiger partial charge in [-0.3, -0.25) is 4.79 Å². The smallest absolute Gasteiger partial charge is 0.416 e. The summed E-state index contributed by atoms with van der Waals surface area (Å²) in [7, 11) is 1.42. The standard InChI is InChI=1S/C29H23F3N2O5/c1-3-5-21-12-19(13-22(16-33)27(35)34-24-7-4-6-23(15-24)29(30,31)32)14-25(38-2)26(21)39-17-18-8-10-20(11-9-18)28(36)37/h3-4,6-15H,1,5,17H2,2H3,(H,34,35)(H,36,37)/b22-13+. The van der Waals surface area contributed by atoms with Gasteiger partial charge < -0.3 is 19.9 Å². The largest absolute Gasteiger partial charge is 0.493 e. The van der Waals surface area contributed by atoms with Gasteiger partial charge in [-0.25, -0.2) is 4.79 Å². The topological polar surface area (TPSA) is 109 Å². The number of carbonyl (C=O) groups excluding carboxylic acids is 1. The zero-order chi connectivity index (χ0) is 28.6. The second-order valence-electron chi connectivity index (χ2n) is 8.20. The molecule has 0 spiro atoms. The summed E-state index contributed by atoms with van der Waals surface area (Å²) < 4.78 is 50.4. The molecule has 3 rings (SSSR count). The van der Waals surface area contributed by atoms with Crippen LogP contribution in [-0.4, -0.2) is 24.1 Å². The number of carboxylic acid groups (broad SMARTS) is 1. The first-order valence-corrected chi connectivity index (χ1v) is 11.4. The lowest BCUT2D eigenvalue weighted by molar-refractivity contribution is -0.137. The van der Waals surface area contributed by atoms with E-state index in [1.165, 1.54) is 31.4 Å². The Morgan fingerprint density at radius 1 is 1.13 bits per heavy atom. The van der Waals surface area contributed by atoms with Gasteiger partial charge in [-0.15, -0.1) is 6.58 Å². The summed E-state index contributed by atoms with van der Waals surface area (Å²) in [6, 6.07) is 15.3. The predicted molar refractivity (Wildman–Crippen MR) is 138 cm³/mol. The number of allylic oxidation sites excluding steroid dienone is 1. The Morgan fingerprint density at radius 3 is 2.44 bits per heavy atom. The molecule has 39 heavy (non-hydrogen) atoms. The third kappa shape index (κ3) is 7.49. The number of anilines is 1. The third-order valence-electron chi connectivity index (χ3n) is 5.45. The van der Waals surface area contributed by atoms with E-state index in [0.29, 0.717) is 34.6 Å². The van der Waals surface area contributed by atoms with E-state index in [-0.39, 0.29) is 23.4 Å². The Kier molecular flexibility index (Phi) is 9.12. The molecule has 0 saturated heterocycles. The number of nitrogens with zero attached hydrogens (tertiary/aromatic N) is 1. The van der Waals surface area contributed by atoms with Crippen LogP contribution < -0.4 is 14.8 Å². The Labute approximate surface area is 222 Å². The van der Waals surface area contributed by atoms with Crippen molar-refractivity contribution in [2.45, 2.75) is 19.2 Å². The maximum atomic E-state index is 13.0. The van der Waals surface area contributed by atoms with Crippen LogP contribution in [0.5, 0.6) is 11.5 Å². The number of carbonyl (C=O) groups is 2. The summed E-state index contributed by atoms with van der Waals surface area (Å²) in [4.78, 5) is 23.7. The highest BCUT2D eigenvalue weighted by atomic mass is 19.4. The molecular formula is C29H23F3N2O5. The van der Waals surface area contributed by atoms with Gasteiger partial charge in [0.25, 0.3) is 5.91 Å². The fourth-order valence-electron chi connectivity index (χ4n) is 3.58. The van der Waals surface area contributed by atoms with Crippen molar-refractivity contribution in [3.05, 3.63) is 107 Å². The molecular weight excluding hydrogens is 513 g/mol. The molecule has 0 aliphatic carbocycles. The third-order valence-corrected chi connectivity index (χ3v) is 5.45. The Hall–Kier alpha value is -5.04. The Bertz CT molecular complexity index is 1460. The average Bonchev–Trinajstić information content (AvgIpc) is 2.90. The van der Waals surface area contributed by atoms with Crippen LogP contribution >= 0.6 is 0 Å². The van der Waals surface area contributed by atoms with Crippen LogP contribution in [-0.2, 0) is 24.0 Å². The van der Waals surface area contributed by atoms with Crippen LogP contribution in [0.1, 0.15) is 32.6 Å². The van der Waals surface area contributed by atoms with Crippen molar-refractivity contribution in [2.75, 3.05) is 12.4 Å². The zero-order valence-corrected chi connectivity index (χ0v) is 20.7. The van der Waals surface area contributed by atoms with Crippen molar-refractivity contribution in [3.63, 3.8) is 0 Å². The Morgan fingerprint density at radius 2 is 1.85 bits per heavy atom. The normalized spacial score (nSPS) is 11.3. The lowest BCUT2D eigenvalue weighted by Gasteiger charge is -2.16. The molecule has 3 aromatic rings. The maximum Gasteiger partial charge on any atom is 0.416 e. The molecule has 2 N–H and O–H groups in total. The van der Waals surface area contributed by atoms with Crippen molar-refractivity contribution in [1.29, 1.82) is 5.26 Å². The van der Waals surface area contributed by atoms with Gasteiger partial charge in [0.1, 0.15) is 18.2 Å². The number of alkyl halides is 3. The molecule has 0 heterocycles. The molecule has 0 bridgehead atoms. The lowest BCUT2D eigenvalue weighted by Crippen LogP contribution is -2.14. The molecule has 0 radical (unpaired) electrons. The van der Waals surface area contributed by atoms with E-state index in [1.54, 1.807) is 36.4 Å². The van der Waals surface area contributed by atoms with Crippen molar-refractivity contribution >= 4 is 23.6 Å². The number of aromatic carboxylic acids is 1. The Balaban J connectivity index is 1.87. The van der Waals surface area contributed by atoms with Crippen molar-refractivity contribution in [1.82, 2.24) is 0 Å². The van der Waals surface area contributed by atoms with E-state index in [0.717, 1.165) is 18.2 Å². The highest BCUT2D eigenvalue weighted by molar-refractivity contribution is 6.09. The molecule has 1 amide bonds. The number of benzene rings is 3. The molecule has 3 aromatic carbocycles. The molecule has 0 aliphatic heterocycles. The molecule has 0 fully saturated rings. The molecule has 0 aliphatic rings. The molecule has 0 unspecified atom stereocenters. The fraction of sp³-hybridized carbons (Fsp3) is 0.138. The molecule has 7 nitrogen and oxygen atoms in total. The van der Waals surface area contributed by atoms with E-state index in [1.807, 2.05) is 0 Å². The highest BCUT2D eigenvalue weighted by Gasteiger charge is 2.30. The van der Waals surface area contributed by atoms with Gasteiger partial charge in [-0.05, 0) is 66.1 Å². The van der Waals surface area contributed by atoms with E-state index in [4.69, 9.17) is 14.6 Å². The second kappa shape index (κ2) is 12.5. The minimum Gasteiger partial charge on any atom is -0.493 e. The first kappa shape index (κ1) is 28.5. The number of hydrogen-bond acceptors (Lipinski definition) is 5. The number of rotatable bonds is 10. The molecule has 0 atom stereocenters. The summed E-state index contributed by atoms with van der Waals surface area (Å²) in [6.45, 7) is 3.85. The molecule has 200 valence electrons. The van der Waals surface area contributed by atoms with E-state index < -0.39 is 23.6 Å². The number of nitriles is 1. The number of halogens is 3. The van der Waals surface area contributed by atoms with Crippen LogP contribution in [0, 0.1) is 11.3 Å². The van der Waals surface area contributed by atoms with Gasteiger partial charge in [0.15, 0.2) is 11.5 Å². The number of carboxylic acids is 1. The monoisotopic (exact) mass is 536 g/mol. The van der Waals surface area contributed by atoms with Gasteiger partial charge in [0.05, 0.1) is 18.2 Å². The number of methoxy groups -OCH3 is 1. The summed E-state index contributed by atoms with van der Waals surface area (Å²) in [5.74, 6) is -1.23. The van der Waals surface area contributed by atoms with E-state index in [9.17, 15) is 28.0 Å². The van der Waals surface area contributed by atoms with Gasteiger partial charge in [0, 0.05) is 11.3 Å². The first-order valence-electron chi connectivity index (χ1n) is 11.4. The van der Waals surface area contributed by atoms with E-state index in [2.05, 4.69) is 11.9 Å². The fourth-order valence-corrected chi connectivity index (χ4v) is 3.58. The SMILES string of the molecule is C=CCc1cc(/C=C(\C#N)C(=O)Nc2cccc(C(F)(F)F)c2)cc(OC)c1OCc1ccc(C(=O)O)cc1. The van der Waals surface area contributed by atoms with Gasteiger partial charge in [0.2, 0.25) is 0 Å². The zero-order valence-electron chi connectivity index (χ0n) is 20.7. The second-order valence-corrected chi connectivity index (χ2v) is 8.20. The molecule has 0 saturated carbocycles. The summed E-state index contributed by atoms with van der Waals surface area (Å²) in [6.07, 6.45) is -1.32. The van der Waals surface area contributed by atoms with Crippen molar-refractivity contribution < 1.29 is 37.3 Å². The predicted octanol–water partition coefficient (Wildman–Crippen LogP) is 6.27. The summed E-state index contributed by atoms with van der Waals surface area (Å²) >= 11 is 0. The van der Waals surface area contributed by atoms with Gasteiger partial charge in [-0.1, -0.05) is 24.3 Å². The van der Waals surface area contributed by atoms with Gasteiger partial charge >= 0.3 is 12.1 Å². The van der Waals surface area contributed by atoms with Crippen LogP contribution in [0.2, 0.25) is 0 Å². The van der Waals surface area contributed by atoms with Crippen LogP contribution in [0.25, 0.3) is 6.08 Å². The number of hydrogen-bond donors (Lipinski definition) is 2. The minimum absolute atomic E-state index is 0.110. The van der Waals surface area contributed by atoms with E-state index >= 15 is 0 Å². The molecule has 10 heteroatoms. The minimum atomic E-state index is -4.58. The lowest BCUT2D eigenvalue weighted by atomic mass is 10.0. The number of ether oxygens (including phenoxy) is 2. The average molecular weight is 537 g/mol. The highest BCUT2D eigenvalue weighted by Crippen LogP contribution is 2.35. The summed E-state index contributed by atoms with van der Waals surface area (Å²) in [5, 5.41) is 20.9. The van der Waals surface area contributed by atoms with Gasteiger partial charge in [-0.2, -0.15) is 18.4 Å². The first-order chi connectivity index (χ1) is 18.5. The van der Waals surface area contributed by atoms with Crippen LogP contribution in [0.15, 0.2) is 78.9 Å². The number of amides is 1. The number of nitrogens with one attached hydrogen (secondary N) is 1. The van der Waals surface area contributed by atoms with Crippen molar-refractivity contribution in [2.24, 2.45) is 0 Å². The van der Waals surface area contributed by atoms with Crippen molar-refractivity contribution in [3.8, 4) is 17.6 Å².